The van der Waals surface area contributed by atoms with Crippen molar-refractivity contribution in [3.05, 3.63) is 71.8 Å². The van der Waals surface area contributed by atoms with Gasteiger partial charge in [0.25, 0.3) is 0 Å². The average molecular weight is 400 g/mol. The molecule has 1 atom stereocenters. The number of benzene rings is 2. The summed E-state index contributed by atoms with van der Waals surface area (Å²) in [6.07, 6.45) is 0.864. The van der Waals surface area contributed by atoms with Gasteiger partial charge in [-0.05, 0) is 38.3 Å². The van der Waals surface area contributed by atoms with Crippen molar-refractivity contribution in [2.24, 2.45) is 0 Å². The topological polar surface area (TPSA) is 54.5 Å². The average Bonchev–Trinajstić information content (AvgIpc) is 3.17. The zero-order chi connectivity index (χ0) is 20.4. The molecule has 2 aromatic carbocycles. The van der Waals surface area contributed by atoms with Crippen molar-refractivity contribution in [1.82, 2.24) is 4.90 Å². The van der Waals surface area contributed by atoms with E-state index < -0.39 is 19.8 Å². The van der Waals surface area contributed by atoms with Gasteiger partial charge in [0.1, 0.15) is 0 Å². The Labute approximate surface area is 168 Å². The molecule has 150 valence electrons. The quantitative estimate of drug-likeness (QED) is 0.763. The van der Waals surface area contributed by atoms with Crippen molar-refractivity contribution in [3.8, 4) is 0 Å². The predicted molar refractivity (Wildman–Crippen MR) is 113 cm³/mol. The second-order valence-electron chi connectivity index (χ2n) is 8.49. The molecule has 0 unspecified atom stereocenters. The first-order valence-corrected chi connectivity index (χ1v) is 11.4. The minimum absolute atomic E-state index is 0.0179. The number of hydrogen-bond acceptors (Lipinski definition) is 3. The van der Waals surface area contributed by atoms with E-state index in [0.717, 1.165) is 11.1 Å². The van der Waals surface area contributed by atoms with Gasteiger partial charge in [-0.2, -0.15) is 0 Å². The highest BCUT2D eigenvalue weighted by molar-refractivity contribution is 7.93. The van der Waals surface area contributed by atoms with E-state index in [1.807, 2.05) is 60.7 Å². The summed E-state index contributed by atoms with van der Waals surface area (Å²) in [5.41, 5.74) is 2.19. The lowest BCUT2D eigenvalue weighted by atomic mass is 9.88. The molecule has 0 saturated carbocycles. The summed E-state index contributed by atoms with van der Waals surface area (Å²) < 4.78 is 24.7. The van der Waals surface area contributed by atoms with Crippen LogP contribution in [-0.2, 0) is 14.6 Å². The largest absolute Gasteiger partial charge is 0.341 e. The zero-order valence-corrected chi connectivity index (χ0v) is 17.7. The van der Waals surface area contributed by atoms with E-state index in [4.69, 9.17) is 0 Å². The molecule has 1 aliphatic rings. The maximum absolute atomic E-state index is 13.1. The van der Waals surface area contributed by atoms with E-state index >= 15 is 0 Å². The summed E-state index contributed by atoms with van der Waals surface area (Å²) in [6, 6.07) is 20.0. The van der Waals surface area contributed by atoms with E-state index in [1.54, 1.807) is 25.7 Å². The number of hydrogen-bond donors (Lipinski definition) is 0. The fourth-order valence-electron chi connectivity index (χ4n) is 3.81. The highest BCUT2D eigenvalue weighted by atomic mass is 32.2. The molecule has 1 fully saturated rings. The minimum Gasteiger partial charge on any atom is -0.341 e. The number of sulfone groups is 1. The number of amides is 1. The van der Waals surface area contributed by atoms with Crippen LogP contribution < -0.4 is 0 Å². The Bertz CT molecular complexity index is 862. The first kappa shape index (κ1) is 20.6. The van der Waals surface area contributed by atoms with Crippen molar-refractivity contribution in [2.75, 3.05) is 13.1 Å². The number of likely N-dealkylation sites (tertiary alicyclic amines) is 1. The van der Waals surface area contributed by atoms with Crippen LogP contribution in [0.1, 0.15) is 50.7 Å². The molecule has 0 aliphatic carbocycles. The fourth-order valence-corrected chi connectivity index (χ4v) is 5.60. The third-order valence-corrected chi connectivity index (χ3v) is 8.54. The Morgan fingerprint density at radius 1 is 1.00 bits per heavy atom. The first-order chi connectivity index (χ1) is 13.2. The Morgan fingerprint density at radius 3 is 1.96 bits per heavy atom. The lowest BCUT2D eigenvalue weighted by molar-refractivity contribution is -0.130. The molecule has 1 saturated heterocycles. The van der Waals surface area contributed by atoms with Crippen molar-refractivity contribution in [2.45, 2.75) is 49.5 Å². The second kappa shape index (κ2) is 8.08. The third kappa shape index (κ3) is 4.30. The zero-order valence-electron chi connectivity index (χ0n) is 16.8. The predicted octanol–water partition coefficient (Wildman–Crippen LogP) is 4.02. The molecule has 4 nitrogen and oxygen atoms in total. The maximum Gasteiger partial charge on any atom is 0.223 e. The van der Waals surface area contributed by atoms with E-state index in [9.17, 15) is 13.2 Å². The van der Waals surface area contributed by atoms with Crippen molar-refractivity contribution in [1.29, 1.82) is 0 Å². The fraction of sp³-hybridized carbons (Fsp3) is 0.435. The van der Waals surface area contributed by atoms with E-state index in [2.05, 4.69) is 0 Å². The highest BCUT2D eigenvalue weighted by Gasteiger charge is 2.42. The van der Waals surface area contributed by atoms with Gasteiger partial charge in [-0.25, -0.2) is 8.42 Å². The molecule has 0 spiro atoms. The molecule has 3 rings (SSSR count). The van der Waals surface area contributed by atoms with Gasteiger partial charge < -0.3 is 4.90 Å². The molecule has 1 aliphatic heterocycles. The van der Waals surface area contributed by atoms with Crippen LogP contribution >= 0.6 is 0 Å². The molecule has 0 bridgehead atoms. The lowest BCUT2D eigenvalue weighted by Crippen LogP contribution is -2.40. The Balaban J connectivity index is 1.77. The molecule has 0 radical (unpaired) electrons. The summed E-state index contributed by atoms with van der Waals surface area (Å²) in [7, 11) is -3.27. The van der Waals surface area contributed by atoms with Crippen LogP contribution in [0.4, 0.5) is 0 Å². The number of carbonyl (C=O) groups is 1. The monoisotopic (exact) mass is 399 g/mol. The van der Waals surface area contributed by atoms with Crippen molar-refractivity contribution in [3.63, 3.8) is 0 Å². The van der Waals surface area contributed by atoms with Crippen molar-refractivity contribution < 1.29 is 13.2 Å². The van der Waals surface area contributed by atoms with Gasteiger partial charge in [0.2, 0.25) is 5.91 Å². The summed E-state index contributed by atoms with van der Waals surface area (Å²) in [5.74, 6) is -0.0162. The van der Waals surface area contributed by atoms with E-state index in [0.29, 0.717) is 25.9 Å². The second-order valence-corrected chi connectivity index (χ2v) is 11.5. The van der Waals surface area contributed by atoms with Gasteiger partial charge in [-0.15, -0.1) is 0 Å². The summed E-state index contributed by atoms with van der Waals surface area (Å²) >= 11 is 0. The smallest absolute Gasteiger partial charge is 0.223 e. The van der Waals surface area contributed by atoms with Crippen LogP contribution in [0, 0.1) is 0 Å². The van der Waals surface area contributed by atoms with Crippen molar-refractivity contribution >= 4 is 15.7 Å². The van der Waals surface area contributed by atoms with Gasteiger partial charge >= 0.3 is 0 Å². The standard InChI is InChI=1S/C23H29NO3S/c1-23(2,3)28(26,27)20-14-15-24(17-20)22(25)16-21(18-10-6-4-7-11-18)19-12-8-5-9-13-19/h4-13,20-21H,14-17H2,1-3H3/t20-/m0/s1. The molecule has 1 amide bonds. The van der Waals surface area contributed by atoms with Crippen LogP contribution in [-0.4, -0.2) is 42.3 Å². The van der Waals surface area contributed by atoms with Gasteiger partial charge in [0.05, 0.1) is 10.00 Å². The molecule has 2 aromatic rings. The Hall–Kier alpha value is -2.14. The molecule has 0 aromatic heterocycles. The van der Waals surface area contributed by atoms with Crippen LogP contribution in [0.25, 0.3) is 0 Å². The Kier molecular flexibility index (Phi) is 5.94. The van der Waals surface area contributed by atoms with Crippen LogP contribution in [0.5, 0.6) is 0 Å². The first-order valence-electron chi connectivity index (χ1n) is 9.81. The van der Waals surface area contributed by atoms with Gasteiger partial charge in [-0.3, -0.25) is 4.79 Å². The van der Waals surface area contributed by atoms with Gasteiger partial charge in [0, 0.05) is 25.4 Å². The number of carbonyl (C=O) groups excluding carboxylic acids is 1. The van der Waals surface area contributed by atoms with Crippen LogP contribution in [0.2, 0.25) is 0 Å². The molecule has 5 heteroatoms. The SMILES string of the molecule is CC(C)(C)S(=O)(=O)[C@H]1CCN(C(=O)CC(c2ccccc2)c2ccccc2)C1. The normalized spacial score (nSPS) is 17.9. The minimum atomic E-state index is -3.27. The molecule has 28 heavy (non-hydrogen) atoms. The third-order valence-electron chi connectivity index (χ3n) is 5.57. The summed E-state index contributed by atoms with van der Waals surface area (Å²) in [6.45, 7) is 6.00. The molecule has 1 heterocycles. The maximum atomic E-state index is 13.1. The molecular formula is C23H29NO3S. The highest BCUT2D eigenvalue weighted by Crippen LogP contribution is 2.31. The van der Waals surface area contributed by atoms with E-state index in [1.165, 1.54) is 0 Å². The molecular weight excluding hydrogens is 370 g/mol. The summed E-state index contributed by atoms with van der Waals surface area (Å²) in [4.78, 5) is 14.8. The van der Waals surface area contributed by atoms with Gasteiger partial charge in [-0.1, -0.05) is 60.7 Å². The number of rotatable bonds is 5. The Morgan fingerprint density at radius 2 is 1.50 bits per heavy atom. The van der Waals surface area contributed by atoms with E-state index in [-0.39, 0.29) is 11.8 Å². The van der Waals surface area contributed by atoms with Crippen LogP contribution in [0.15, 0.2) is 60.7 Å². The molecule has 0 N–H and O–H groups in total. The summed E-state index contributed by atoms with van der Waals surface area (Å²) in [5, 5.41) is -0.469. The van der Waals surface area contributed by atoms with Gasteiger partial charge in [0.15, 0.2) is 9.84 Å². The van der Waals surface area contributed by atoms with Crippen LogP contribution in [0.3, 0.4) is 0 Å². The number of nitrogens with zero attached hydrogens (tertiary/aromatic N) is 1. The lowest BCUT2D eigenvalue weighted by Gasteiger charge is -2.25.